The Kier molecular flexibility index (Phi) is 2.04. The zero-order valence-corrected chi connectivity index (χ0v) is 8.45. The van der Waals surface area contributed by atoms with E-state index in [1.165, 1.54) is 12.0 Å². The third kappa shape index (κ3) is 1.40. The summed E-state index contributed by atoms with van der Waals surface area (Å²) in [5.74, 6) is 0. The van der Waals surface area contributed by atoms with Gasteiger partial charge < -0.3 is 10.2 Å². The molecule has 0 aliphatic rings. The van der Waals surface area contributed by atoms with Gasteiger partial charge in [-0.1, -0.05) is 19.9 Å². The number of hydrogen-bond acceptors (Lipinski definition) is 3. The van der Waals surface area contributed by atoms with Crippen molar-refractivity contribution < 1.29 is 4.42 Å². The van der Waals surface area contributed by atoms with Crippen molar-refractivity contribution in [3.05, 3.63) is 30.2 Å². The number of benzene rings is 1. The molecule has 1 aromatic carbocycles. The highest BCUT2D eigenvalue weighted by Crippen LogP contribution is 2.25. The third-order valence-electron chi connectivity index (χ3n) is 2.62. The van der Waals surface area contributed by atoms with Crippen LogP contribution in [0, 0.1) is 0 Å². The van der Waals surface area contributed by atoms with Crippen molar-refractivity contribution in [2.75, 3.05) is 6.54 Å². The highest BCUT2D eigenvalue weighted by Gasteiger charge is 2.19. The minimum atomic E-state index is -0.0129. The summed E-state index contributed by atoms with van der Waals surface area (Å²) in [6.07, 6.45) is 1.46. The molecule has 1 heterocycles. The summed E-state index contributed by atoms with van der Waals surface area (Å²) in [6, 6.07) is 6.03. The second kappa shape index (κ2) is 3.10. The highest BCUT2D eigenvalue weighted by molar-refractivity contribution is 5.73. The molecular formula is C11H14N2O. The maximum Gasteiger partial charge on any atom is 0.181 e. The summed E-state index contributed by atoms with van der Waals surface area (Å²) in [5, 5.41) is 0. The van der Waals surface area contributed by atoms with E-state index < -0.39 is 0 Å². The van der Waals surface area contributed by atoms with Crippen LogP contribution >= 0.6 is 0 Å². The Hall–Kier alpha value is -1.35. The molecule has 0 radical (unpaired) electrons. The molecule has 0 amide bonds. The molecule has 0 unspecified atom stereocenters. The van der Waals surface area contributed by atoms with E-state index in [0.29, 0.717) is 6.54 Å². The number of hydrogen-bond donors (Lipinski definition) is 1. The lowest BCUT2D eigenvalue weighted by Gasteiger charge is -2.22. The van der Waals surface area contributed by atoms with Crippen LogP contribution in [0.2, 0.25) is 0 Å². The van der Waals surface area contributed by atoms with E-state index in [0.717, 1.165) is 11.1 Å². The van der Waals surface area contributed by atoms with Crippen LogP contribution < -0.4 is 5.73 Å². The van der Waals surface area contributed by atoms with Crippen LogP contribution in [0.15, 0.2) is 29.0 Å². The number of aromatic nitrogens is 1. The van der Waals surface area contributed by atoms with E-state index in [9.17, 15) is 0 Å². The first kappa shape index (κ1) is 9.21. The molecule has 0 aliphatic heterocycles. The molecule has 14 heavy (non-hydrogen) atoms. The van der Waals surface area contributed by atoms with Crippen molar-refractivity contribution in [2.45, 2.75) is 19.3 Å². The first-order valence-corrected chi connectivity index (χ1v) is 4.67. The molecule has 3 nitrogen and oxygen atoms in total. The second-order valence-corrected chi connectivity index (χ2v) is 4.12. The molecule has 3 heteroatoms. The third-order valence-corrected chi connectivity index (χ3v) is 2.62. The van der Waals surface area contributed by atoms with E-state index in [1.807, 2.05) is 12.1 Å². The van der Waals surface area contributed by atoms with Gasteiger partial charge in [0.05, 0.1) is 0 Å². The maximum absolute atomic E-state index is 5.71. The summed E-state index contributed by atoms with van der Waals surface area (Å²) in [5.41, 5.74) is 8.60. The predicted molar refractivity (Wildman–Crippen MR) is 56.1 cm³/mol. The second-order valence-electron chi connectivity index (χ2n) is 4.12. The quantitative estimate of drug-likeness (QED) is 0.788. The van der Waals surface area contributed by atoms with Crippen molar-refractivity contribution in [1.82, 2.24) is 4.98 Å². The van der Waals surface area contributed by atoms with E-state index in [-0.39, 0.29) is 5.41 Å². The smallest absolute Gasteiger partial charge is 0.181 e. The minimum absolute atomic E-state index is 0.0129. The van der Waals surface area contributed by atoms with Gasteiger partial charge in [0.25, 0.3) is 0 Å². The number of nitrogens with two attached hydrogens (primary N) is 1. The van der Waals surface area contributed by atoms with Crippen LogP contribution in [0.25, 0.3) is 11.1 Å². The number of rotatable bonds is 2. The fraction of sp³-hybridized carbons (Fsp3) is 0.364. The van der Waals surface area contributed by atoms with Crippen molar-refractivity contribution in [3.63, 3.8) is 0 Å². The molecule has 1 aromatic heterocycles. The maximum atomic E-state index is 5.71. The zero-order chi connectivity index (χ0) is 10.2. The Bertz CT molecular complexity index is 445. The number of nitrogens with zero attached hydrogens (tertiary/aromatic N) is 1. The molecule has 0 saturated carbocycles. The summed E-state index contributed by atoms with van der Waals surface area (Å²) in [6.45, 7) is 4.85. The Balaban J connectivity index is 2.53. The van der Waals surface area contributed by atoms with Crippen LogP contribution in [0.5, 0.6) is 0 Å². The average Bonchev–Trinajstić information content (AvgIpc) is 2.64. The topological polar surface area (TPSA) is 52.0 Å². The van der Waals surface area contributed by atoms with Crippen LogP contribution in [0.4, 0.5) is 0 Å². The average molecular weight is 190 g/mol. The molecule has 0 fully saturated rings. The Morgan fingerprint density at radius 3 is 2.93 bits per heavy atom. The first-order chi connectivity index (χ1) is 6.63. The van der Waals surface area contributed by atoms with Gasteiger partial charge >= 0.3 is 0 Å². The van der Waals surface area contributed by atoms with E-state index in [2.05, 4.69) is 24.9 Å². The van der Waals surface area contributed by atoms with Crippen molar-refractivity contribution in [2.24, 2.45) is 5.73 Å². The lowest BCUT2D eigenvalue weighted by atomic mass is 9.85. The molecule has 0 spiro atoms. The molecule has 2 rings (SSSR count). The van der Waals surface area contributed by atoms with Gasteiger partial charge in [-0.15, -0.1) is 0 Å². The molecule has 2 aromatic rings. The van der Waals surface area contributed by atoms with E-state index in [1.54, 1.807) is 0 Å². The van der Waals surface area contributed by atoms with Gasteiger partial charge in [-0.05, 0) is 17.7 Å². The van der Waals surface area contributed by atoms with E-state index in [4.69, 9.17) is 10.2 Å². The molecular weight excluding hydrogens is 176 g/mol. The standard InChI is InChI=1S/C11H14N2O/c1-11(2,6-12)8-3-4-9-10(5-8)14-7-13-9/h3-5,7H,6,12H2,1-2H3. The number of fused-ring (bicyclic) bond motifs is 1. The minimum Gasteiger partial charge on any atom is -0.443 e. The zero-order valence-electron chi connectivity index (χ0n) is 8.45. The summed E-state index contributed by atoms with van der Waals surface area (Å²) >= 11 is 0. The molecule has 0 aliphatic carbocycles. The van der Waals surface area contributed by atoms with Gasteiger partial charge in [-0.3, -0.25) is 0 Å². The predicted octanol–water partition coefficient (Wildman–Crippen LogP) is 2.06. The monoisotopic (exact) mass is 190 g/mol. The fourth-order valence-electron chi connectivity index (χ4n) is 1.39. The fourth-order valence-corrected chi connectivity index (χ4v) is 1.39. The van der Waals surface area contributed by atoms with Crippen molar-refractivity contribution in [1.29, 1.82) is 0 Å². The van der Waals surface area contributed by atoms with E-state index >= 15 is 0 Å². The van der Waals surface area contributed by atoms with Crippen LogP contribution in [-0.2, 0) is 5.41 Å². The Labute approximate surface area is 82.9 Å². The molecule has 0 atom stereocenters. The highest BCUT2D eigenvalue weighted by atomic mass is 16.3. The molecule has 0 saturated heterocycles. The van der Waals surface area contributed by atoms with Gasteiger partial charge in [0.2, 0.25) is 0 Å². The lowest BCUT2D eigenvalue weighted by molar-refractivity contribution is 0.537. The Morgan fingerprint density at radius 1 is 1.43 bits per heavy atom. The SMILES string of the molecule is CC(C)(CN)c1ccc2ncoc2c1. The molecule has 2 N–H and O–H groups in total. The summed E-state index contributed by atoms with van der Waals surface area (Å²) < 4.78 is 5.25. The first-order valence-electron chi connectivity index (χ1n) is 4.67. The van der Waals surface area contributed by atoms with Gasteiger partial charge in [0.15, 0.2) is 12.0 Å². The van der Waals surface area contributed by atoms with Crippen LogP contribution in [0.1, 0.15) is 19.4 Å². The van der Waals surface area contributed by atoms with Crippen molar-refractivity contribution >= 4 is 11.1 Å². The van der Waals surface area contributed by atoms with Crippen molar-refractivity contribution in [3.8, 4) is 0 Å². The summed E-state index contributed by atoms with van der Waals surface area (Å²) in [4.78, 5) is 4.07. The number of oxazole rings is 1. The Morgan fingerprint density at radius 2 is 2.21 bits per heavy atom. The van der Waals surface area contributed by atoms with Gasteiger partial charge in [0.1, 0.15) is 5.52 Å². The van der Waals surface area contributed by atoms with Crippen LogP contribution in [0.3, 0.4) is 0 Å². The van der Waals surface area contributed by atoms with Gasteiger partial charge in [-0.2, -0.15) is 0 Å². The molecule has 0 bridgehead atoms. The summed E-state index contributed by atoms with van der Waals surface area (Å²) in [7, 11) is 0. The molecule has 74 valence electrons. The normalized spacial score (nSPS) is 12.2. The lowest BCUT2D eigenvalue weighted by Crippen LogP contribution is -2.27. The largest absolute Gasteiger partial charge is 0.443 e. The van der Waals surface area contributed by atoms with Crippen LogP contribution in [-0.4, -0.2) is 11.5 Å². The van der Waals surface area contributed by atoms with Gasteiger partial charge in [-0.25, -0.2) is 4.98 Å². The van der Waals surface area contributed by atoms with Gasteiger partial charge in [0, 0.05) is 12.0 Å².